The lowest BCUT2D eigenvalue weighted by molar-refractivity contribution is 0.958. The largest absolute Gasteiger partial charge is 0.0988 e. The van der Waals surface area contributed by atoms with Crippen LogP contribution in [-0.4, -0.2) is 0 Å². The van der Waals surface area contributed by atoms with Crippen LogP contribution in [0.5, 0.6) is 0 Å². The Balaban J connectivity index is 4.36. The molecule has 0 aliphatic rings. The molecule has 0 aliphatic heterocycles. The lowest BCUT2D eigenvalue weighted by Gasteiger charge is -1.96. The molecule has 0 aromatic carbocycles. The maximum Gasteiger partial charge on any atom is -0.0237 e. The fourth-order valence-corrected chi connectivity index (χ4v) is 0.855. The van der Waals surface area contributed by atoms with E-state index in [9.17, 15) is 0 Å². The van der Waals surface area contributed by atoms with Crippen LogP contribution in [-0.2, 0) is 0 Å². The van der Waals surface area contributed by atoms with Crippen molar-refractivity contribution in [2.45, 2.75) is 26.7 Å². The lowest BCUT2D eigenvalue weighted by atomic mass is 10.1. The summed E-state index contributed by atoms with van der Waals surface area (Å²) in [4.78, 5) is 0. The summed E-state index contributed by atoms with van der Waals surface area (Å²) in [6.45, 7) is 11.7. The second-order valence-corrected chi connectivity index (χ2v) is 2.74. The van der Waals surface area contributed by atoms with Crippen molar-refractivity contribution in [2.24, 2.45) is 0 Å². The molecule has 0 amide bonds. The molecule has 0 spiro atoms. The average Bonchev–Trinajstić information content (AvgIpc) is 2.11. The zero-order valence-corrected chi connectivity index (χ0v) is 8.14. The summed E-state index contributed by atoms with van der Waals surface area (Å²) in [6, 6.07) is 0. The van der Waals surface area contributed by atoms with Gasteiger partial charge in [0, 0.05) is 0 Å². The zero-order chi connectivity index (χ0) is 9.40. The Hall–Kier alpha value is -1.04. The van der Waals surface area contributed by atoms with E-state index >= 15 is 0 Å². The van der Waals surface area contributed by atoms with Crippen LogP contribution in [0.1, 0.15) is 26.7 Å². The standard InChI is InChI=1S/C12H18/c1-5-8-9-10-12(7-3)11(4)6-2/h6-7,9-10H,2-3,5,8H2,1,4H3/b10-9-,12-11+. The minimum absolute atomic E-state index is 1.13. The first-order valence-electron chi connectivity index (χ1n) is 4.38. The molecule has 0 N–H and O–H groups in total. The molecule has 0 saturated heterocycles. The summed E-state index contributed by atoms with van der Waals surface area (Å²) in [5.41, 5.74) is 2.34. The summed E-state index contributed by atoms with van der Waals surface area (Å²) in [6.07, 6.45) is 10.3. The maximum absolute atomic E-state index is 3.75. The van der Waals surface area contributed by atoms with Crippen molar-refractivity contribution in [3.8, 4) is 0 Å². The van der Waals surface area contributed by atoms with Gasteiger partial charge in [-0.1, -0.05) is 50.8 Å². The van der Waals surface area contributed by atoms with E-state index in [4.69, 9.17) is 0 Å². The van der Waals surface area contributed by atoms with Gasteiger partial charge < -0.3 is 0 Å². The highest BCUT2D eigenvalue weighted by Gasteiger charge is 1.88. The van der Waals surface area contributed by atoms with Crippen LogP contribution >= 0.6 is 0 Å². The first kappa shape index (κ1) is 11.0. The Kier molecular flexibility index (Phi) is 6.08. The molecule has 66 valence electrons. The number of rotatable bonds is 5. The molecule has 0 heterocycles. The van der Waals surface area contributed by atoms with E-state index in [1.54, 1.807) is 0 Å². The zero-order valence-electron chi connectivity index (χ0n) is 8.14. The van der Waals surface area contributed by atoms with Crippen LogP contribution in [0.25, 0.3) is 0 Å². The molecule has 0 atom stereocenters. The Bertz CT molecular complexity index is 204. The van der Waals surface area contributed by atoms with E-state index in [0.717, 1.165) is 6.42 Å². The minimum atomic E-state index is 1.13. The Morgan fingerprint density at radius 1 is 1.25 bits per heavy atom. The van der Waals surface area contributed by atoms with E-state index < -0.39 is 0 Å². The lowest BCUT2D eigenvalue weighted by Crippen LogP contribution is -1.76. The SMILES string of the molecule is C=C/C(C)=C(C=C)/C=C\CCC. The van der Waals surface area contributed by atoms with Crippen LogP contribution < -0.4 is 0 Å². The monoisotopic (exact) mass is 162 g/mol. The Morgan fingerprint density at radius 3 is 2.33 bits per heavy atom. The highest BCUT2D eigenvalue weighted by atomic mass is 13.9. The smallest absolute Gasteiger partial charge is 0.0237 e. The highest BCUT2D eigenvalue weighted by molar-refractivity contribution is 5.38. The third-order valence-electron chi connectivity index (χ3n) is 1.73. The van der Waals surface area contributed by atoms with Crippen LogP contribution in [0.2, 0.25) is 0 Å². The number of hydrogen-bond donors (Lipinski definition) is 0. The molecule has 0 aromatic rings. The van der Waals surface area contributed by atoms with E-state index in [1.807, 2.05) is 19.1 Å². The van der Waals surface area contributed by atoms with Gasteiger partial charge in [0.25, 0.3) is 0 Å². The summed E-state index contributed by atoms with van der Waals surface area (Å²) in [7, 11) is 0. The summed E-state index contributed by atoms with van der Waals surface area (Å²) >= 11 is 0. The van der Waals surface area contributed by atoms with Crippen molar-refractivity contribution in [3.63, 3.8) is 0 Å². The van der Waals surface area contributed by atoms with Gasteiger partial charge in [0.05, 0.1) is 0 Å². The fraction of sp³-hybridized carbons (Fsp3) is 0.333. The molecule has 0 fully saturated rings. The normalized spacial score (nSPS) is 12.8. The summed E-state index contributed by atoms with van der Waals surface area (Å²) in [5, 5.41) is 0. The highest BCUT2D eigenvalue weighted by Crippen LogP contribution is 2.08. The van der Waals surface area contributed by atoms with Gasteiger partial charge >= 0.3 is 0 Å². The van der Waals surface area contributed by atoms with Crippen molar-refractivity contribution >= 4 is 0 Å². The molecular formula is C12H18. The van der Waals surface area contributed by atoms with Gasteiger partial charge in [-0.3, -0.25) is 0 Å². The van der Waals surface area contributed by atoms with Crippen molar-refractivity contribution in [1.29, 1.82) is 0 Å². The molecule has 0 nitrogen and oxygen atoms in total. The van der Waals surface area contributed by atoms with Crippen LogP contribution in [0, 0.1) is 0 Å². The quantitative estimate of drug-likeness (QED) is 0.535. The number of allylic oxidation sites excluding steroid dienone is 6. The van der Waals surface area contributed by atoms with Crippen LogP contribution in [0.4, 0.5) is 0 Å². The van der Waals surface area contributed by atoms with Gasteiger partial charge in [-0.2, -0.15) is 0 Å². The van der Waals surface area contributed by atoms with Gasteiger partial charge in [-0.25, -0.2) is 0 Å². The molecule has 0 rings (SSSR count). The predicted molar refractivity (Wildman–Crippen MR) is 57.1 cm³/mol. The predicted octanol–water partition coefficient (Wildman–Crippen LogP) is 4.03. The van der Waals surface area contributed by atoms with Gasteiger partial charge in [0.15, 0.2) is 0 Å². The Morgan fingerprint density at radius 2 is 1.92 bits per heavy atom. The molecule has 0 aromatic heterocycles. The molecule has 0 bridgehead atoms. The topological polar surface area (TPSA) is 0 Å². The van der Waals surface area contributed by atoms with Crippen LogP contribution in [0.3, 0.4) is 0 Å². The molecule has 12 heavy (non-hydrogen) atoms. The molecule has 0 saturated carbocycles. The van der Waals surface area contributed by atoms with Gasteiger partial charge in [0.2, 0.25) is 0 Å². The van der Waals surface area contributed by atoms with Crippen molar-refractivity contribution < 1.29 is 0 Å². The Labute approximate surface area is 76.0 Å². The third kappa shape index (κ3) is 3.97. The average molecular weight is 162 g/mol. The van der Waals surface area contributed by atoms with Crippen molar-refractivity contribution in [3.05, 3.63) is 48.6 Å². The number of hydrogen-bond acceptors (Lipinski definition) is 0. The molecule has 0 radical (unpaired) electrons. The maximum atomic E-state index is 3.75. The molecular weight excluding hydrogens is 144 g/mol. The first-order valence-corrected chi connectivity index (χ1v) is 4.38. The van der Waals surface area contributed by atoms with E-state index in [-0.39, 0.29) is 0 Å². The second kappa shape index (κ2) is 6.66. The molecule has 0 heteroatoms. The third-order valence-corrected chi connectivity index (χ3v) is 1.73. The van der Waals surface area contributed by atoms with Crippen LogP contribution in [0.15, 0.2) is 48.6 Å². The van der Waals surface area contributed by atoms with E-state index in [0.29, 0.717) is 0 Å². The van der Waals surface area contributed by atoms with Gasteiger partial charge in [-0.15, -0.1) is 0 Å². The fourth-order valence-electron chi connectivity index (χ4n) is 0.855. The molecule has 0 aliphatic carbocycles. The minimum Gasteiger partial charge on any atom is -0.0988 e. The van der Waals surface area contributed by atoms with E-state index in [2.05, 4.69) is 32.2 Å². The van der Waals surface area contributed by atoms with E-state index in [1.165, 1.54) is 17.6 Å². The van der Waals surface area contributed by atoms with Crippen molar-refractivity contribution in [1.82, 2.24) is 0 Å². The summed E-state index contributed by atoms with van der Waals surface area (Å²) < 4.78 is 0. The summed E-state index contributed by atoms with van der Waals surface area (Å²) in [5.74, 6) is 0. The molecule has 0 unspecified atom stereocenters. The van der Waals surface area contributed by atoms with Gasteiger partial charge in [-0.05, 0) is 24.5 Å². The number of unbranched alkanes of at least 4 members (excludes halogenated alkanes) is 1. The van der Waals surface area contributed by atoms with Crippen molar-refractivity contribution in [2.75, 3.05) is 0 Å². The van der Waals surface area contributed by atoms with Gasteiger partial charge in [0.1, 0.15) is 0 Å². The first-order chi connectivity index (χ1) is 5.76. The second-order valence-electron chi connectivity index (χ2n) is 2.74.